The summed E-state index contributed by atoms with van der Waals surface area (Å²) < 4.78 is 0. The number of hydrogen-bond donors (Lipinski definition) is 2. The lowest BCUT2D eigenvalue weighted by molar-refractivity contribution is 0.0527. The van der Waals surface area contributed by atoms with Gasteiger partial charge in [0.05, 0.1) is 23.2 Å². The lowest BCUT2D eigenvalue weighted by Crippen LogP contribution is -2.52. The lowest BCUT2D eigenvalue weighted by Gasteiger charge is -2.32. The SMILES string of the molecule is CC(C)C[C@H]([C@H](C)NC(=O)O)N1C(=O)c2ccccc2C1=O. The summed E-state index contributed by atoms with van der Waals surface area (Å²) >= 11 is 0. The molecule has 1 aromatic rings. The number of nitrogens with zero attached hydrogens (tertiary/aromatic N) is 1. The van der Waals surface area contributed by atoms with Gasteiger partial charge in [-0.1, -0.05) is 26.0 Å². The molecule has 118 valence electrons. The van der Waals surface area contributed by atoms with Crippen LogP contribution in [0.2, 0.25) is 0 Å². The summed E-state index contributed by atoms with van der Waals surface area (Å²) in [4.78, 5) is 37.2. The van der Waals surface area contributed by atoms with Crippen LogP contribution in [0.3, 0.4) is 0 Å². The Morgan fingerprint density at radius 3 is 2.05 bits per heavy atom. The first kappa shape index (κ1) is 16.0. The van der Waals surface area contributed by atoms with Gasteiger partial charge in [-0.3, -0.25) is 14.5 Å². The van der Waals surface area contributed by atoms with Crippen LogP contribution < -0.4 is 5.32 Å². The first-order valence-corrected chi connectivity index (χ1v) is 7.29. The highest BCUT2D eigenvalue weighted by molar-refractivity contribution is 6.21. The van der Waals surface area contributed by atoms with Gasteiger partial charge in [0.15, 0.2) is 0 Å². The van der Waals surface area contributed by atoms with Crippen LogP contribution in [0.25, 0.3) is 0 Å². The van der Waals surface area contributed by atoms with E-state index in [9.17, 15) is 14.4 Å². The Balaban J connectivity index is 2.34. The summed E-state index contributed by atoms with van der Waals surface area (Å²) in [5.74, 6) is -0.497. The minimum atomic E-state index is -1.17. The van der Waals surface area contributed by atoms with Gasteiger partial charge in [0.2, 0.25) is 0 Å². The second-order valence-corrected chi connectivity index (χ2v) is 5.96. The van der Waals surface area contributed by atoms with Crippen LogP contribution in [0.15, 0.2) is 24.3 Å². The highest BCUT2D eigenvalue weighted by Gasteiger charge is 2.42. The fraction of sp³-hybridized carbons (Fsp3) is 0.438. The smallest absolute Gasteiger partial charge is 0.404 e. The minimum absolute atomic E-state index is 0.215. The van der Waals surface area contributed by atoms with E-state index in [0.29, 0.717) is 17.5 Å². The zero-order valence-electron chi connectivity index (χ0n) is 12.9. The Kier molecular flexibility index (Phi) is 4.49. The Bertz CT molecular complexity index is 577. The molecule has 0 aromatic heterocycles. The van der Waals surface area contributed by atoms with E-state index in [-0.39, 0.29) is 17.7 Å². The molecule has 22 heavy (non-hydrogen) atoms. The maximum atomic E-state index is 12.6. The number of carbonyl (C=O) groups excluding carboxylic acids is 2. The number of amides is 3. The number of rotatable bonds is 5. The standard InChI is InChI=1S/C16H20N2O4/c1-9(2)8-13(10(3)17-16(21)22)18-14(19)11-6-4-5-7-12(11)15(18)20/h4-7,9-10,13,17H,8H2,1-3H3,(H,21,22)/t10-,13+/m0/s1. The molecular formula is C16H20N2O4. The molecule has 1 heterocycles. The van der Waals surface area contributed by atoms with Gasteiger partial charge in [-0.25, -0.2) is 4.79 Å². The van der Waals surface area contributed by atoms with Crippen LogP contribution in [0.5, 0.6) is 0 Å². The van der Waals surface area contributed by atoms with Crippen molar-refractivity contribution in [1.29, 1.82) is 0 Å². The molecule has 0 unspecified atom stereocenters. The number of fused-ring (bicyclic) bond motifs is 1. The Morgan fingerprint density at radius 1 is 1.14 bits per heavy atom. The zero-order chi connectivity index (χ0) is 16.4. The van der Waals surface area contributed by atoms with Crippen LogP contribution in [0.4, 0.5) is 4.79 Å². The third-order valence-corrected chi connectivity index (χ3v) is 3.80. The van der Waals surface area contributed by atoms with Crippen molar-refractivity contribution in [3.63, 3.8) is 0 Å². The summed E-state index contributed by atoms with van der Waals surface area (Å²) in [6.07, 6.45) is -0.634. The van der Waals surface area contributed by atoms with Gasteiger partial charge in [-0.15, -0.1) is 0 Å². The van der Waals surface area contributed by atoms with E-state index in [2.05, 4.69) is 5.32 Å². The molecule has 1 aliphatic heterocycles. The van der Waals surface area contributed by atoms with Gasteiger partial charge in [-0.05, 0) is 31.4 Å². The highest BCUT2D eigenvalue weighted by atomic mass is 16.4. The molecule has 2 atom stereocenters. The van der Waals surface area contributed by atoms with Gasteiger partial charge in [0, 0.05) is 0 Å². The van der Waals surface area contributed by atoms with Gasteiger partial charge in [0.25, 0.3) is 11.8 Å². The van der Waals surface area contributed by atoms with E-state index in [1.807, 2.05) is 13.8 Å². The van der Waals surface area contributed by atoms with Crippen molar-refractivity contribution in [3.8, 4) is 0 Å². The van der Waals surface area contributed by atoms with Crippen molar-refractivity contribution >= 4 is 17.9 Å². The summed E-state index contributed by atoms with van der Waals surface area (Å²) in [5.41, 5.74) is 0.757. The molecule has 6 nitrogen and oxygen atoms in total. The summed E-state index contributed by atoms with van der Waals surface area (Å²) in [5, 5.41) is 11.3. The average Bonchev–Trinajstić information content (AvgIpc) is 2.68. The predicted molar refractivity (Wildman–Crippen MR) is 80.8 cm³/mol. The number of carbonyl (C=O) groups is 3. The van der Waals surface area contributed by atoms with Crippen LogP contribution in [0, 0.1) is 5.92 Å². The molecule has 0 fully saturated rings. The first-order chi connectivity index (χ1) is 10.3. The monoisotopic (exact) mass is 304 g/mol. The molecule has 1 aliphatic rings. The van der Waals surface area contributed by atoms with Crippen LogP contribution in [-0.2, 0) is 0 Å². The van der Waals surface area contributed by atoms with E-state index in [0.717, 1.165) is 0 Å². The van der Waals surface area contributed by atoms with Crippen LogP contribution in [-0.4, -0.2) is 40.0 Å². The molecule has 2 N–H and O–H groups in total. The Hall–Kier alpha value is -2.37. The predicted octanol–water partition coefficient (Wildman–Crippen LogP) is 2.35. The number of carboxylic acid groups (broad SMARTS) is 1. The van der Waals surface area contributed by atoms with Gasteiger partial charge in [-0.2, -0.15) is 0 Å². The van der Waals surface area contributed by atoms with E-state index >= 15 is 0 Å². The van der Waals surface area contributed by atoms with Gasteiger partial charge in [0.1, 0.15) is 0 Å². The third kappa shape index (κ3) is 2.95. The quantitative estimate of drug-likeness (QED) is 0.818. The fourth-order valence-electron chi connectivity index (χ4n) is 2.82. The molecular weight excluding hydrogens is 284 g/mol. The zero-order valence-corrected chi connectivity index (χ0v) is 12.9. The molecule has 0 saturated carbocycles. The number of hydrogen-bond acceptors (Lipinski definition) is 3. The number of nitrogens with one attached hydrogen (secondary N) is 1. The largest absolute Gasteiger partial charge is 0.465 e. The fourth-order valence-corrected chi connectivity index (χ4v) is 2.82. The van der Waals surface area contributed by atoms with Crippen LogP contribution in [0.1, 0.15) is 47.9 Å². The molecule has 3 amide bonds. The van der Waals surface area contributed by atoms with Gasteiger partial charge >= 0.3 is 6.09 Å². The normalized spacial score (nSPS) is 16.6. The summed E-state index contributed by atoms with van der Waals surface area (Å²) in [7, 11) is 0. The highest BCUT2D eigenvalue weighted by Crippen LogP contribution is 2.28. The maximum absolute atomic E-state index is 12.6. The first-order valence-electron chi connectivity index (χ1n) is 7.29. The molecule has 0 saturated heterocycles. The van der Waals surface area contributed by atoms with Crippen molar-refractivity contribution in [2.45, 2.75) is 39.3 Å². The van der Waals surface area contributed by atoms with E-state index in [1.54, 1.807) is 31.2 Å². The van der Waals surface area contributed by atoms with Crippen molar-refractivity contribution in [3.05, 3.63) is 35.4 Å². The van der Waals surface area contributed by atoms with Crippen molar-refractivity contribution in [1.82, 2.24) is 10.2 Å². The van der Waals surface area contributed by atoms with Crippen molar-refractivity contribution in [2.24, 2.45) is 5.92 Å². The minimum Gasteiger partial charge on any atom is -0.465 e. The summed E-state index contributed by atoms with van der Waals surface area (Å²) in [6, 6.07) is 5.62. The molecule has 6 heteroatoms. The number of imide groups is 1. The Labute approximate surface area is 129 Å². The topological polar surface area (TPSA) is 86.7 Å². The van der Waals surface area contributed by atoms with Crippen molar-refractivity contribution < 1.29 is 19.5 Å². The molecule has 2 rings (SSSR count). The van der Waals surface area contributed by atoms with Crippen molar-refractivity contribution in [2.75, 3.05) is 0 Å². The third-order valence-electron chi connectivity index (χ3n) is 3.80. The molecule has 0 bridgehead atoms. The average molecular weight is 304 g/mol. The van der Waals surface area contributed by atoms with E-state index in [1.165, 1.54) is 4.90 Å². The molecule has 1 aromatic carbocycles. The molecule has 0 radical (unpaired) electrons. The summed E-state index contributed by atoms with van der Waals surface area (Å²) in [6.45, 7) is 5.61. The van der Waals surface area contributed by atoms with Gasteiger partial charge < -0.3 is 10.4 Å². The molecule has 0 aliphatic carbocycles. The number of benzene rings is 1. The second-order valence-electron chi connectivity index (χ2n) is 5.96. The van der Waals surface area contributed by atoms with E-state index in [4.69, 9.17) is 5.11 Å². The van der Waals surface area contributed by atoms with E-state index < -0.39 is 18.2 Å². The maximum Gasteiger partial charge on any atom is 0.404 e. The van der Waals surface area contributed by atoms with Crippen LogP contribution >= 0.6 is 0 Å². The lowest BCUT2D eigenvalue weighted by atomic mass is 9.97. The second kappa shape index (κ2) is 6.17. The molecule has 0 spiro atoms. The Morgan fingerprint density at radius 2 is 1.64 bits per heavy atom.